The van der Waals surface area contributed by atoms with Crippen molar-refractivity contribution >= 4 is 23.2 Å². The first-order valence-corrected chi connectivity index (χ1v) is 6.30. The first-order chi connectivity index (χ1) is 8.69. The highest BCUT2D eigenvalue weighted by Crippen LogP contribution is 2.18. The minimum atomic E-state index is -0.108. The summed E-state index contributed by atoms with van der Waals surface area (Å²) in [4.78, 5) is 17.7. The Morgan fingerprint density at radius 2 is 2.50 bits per heavy atom. The fourth-order valence-electron chi connectivity index (χ4n) is 2.08. The van der Waals surface area contributed by atoms with Crippen molar-refractivity contribution in [3.8, 4) is 0 Å². The topological polar surface area (TPSA) is 65.5 Å². The third kappa shape index (κ3) is 3.41. The summed E-state index contributed by atoms with van der Waals surface area (Å²) in [6.07, 6.45) is 2.52. The van der Waals surface area contributed by atoms with Crippen LogP contribution in [0.25, 0.3) is 0 Å². The molecule has 0 aliphatic carbocycles. The van der Waals surface area contributed by atoms with Gasteiger partial charge in [-0.15, -0.1) is 0 Å². The van der Waals surface area contributed by atoms with E-state index in [0.717, 1.165) is 19.5 Å². The Balaban J connectivity index is 1.84. The molecular weight excluding hydrogens is 254 g/mol. The van der Waals surface area contributed by atoms with E-state index in [9.17, 15) is 4.79 Å². The molecule has 0 spiro atoms. The number of amides is 1. The number of pyridine rings is 1. The van der Waals surface area contributed by atoms with Gasteiger partial charge in [0.15, 0.2) is 5.15 Å². The van der Waals surface area contributed by atoms with Crippen LogP contribution in [0, 0.1) is 5.92 Å². The quantitative estimate of drug-likeness (QED) is 0.800. The fraction of sp³-hybridized carbons (Fsp3) is 0.500. The molecule has 1 aromatic heterocycles. The highest BCUT2D eigenvalue weighted by Gasteiger charge is 2.23. The molecule has 0 saturated carbocycles. The minimum absolute atomic E-state index is 0.108. The average Bonchev–Trinajstić information content (AvgIpc) is 2.80. The van der Waals surface area contributed by atoms with Crippen molar-refractivity contribution in [2.24, 2.45) is 5.92 Å². The van der Waals surface area contributed by atoms with E-state index in [1.165, 1.54) is 0 Å². The highest BCUT2D eigenvalue weighted by molar-refractivity contribution is 6.32. The van der Waals surface area contributed by atoms with Crippen LogP contribution in [0.5, 0.6) is 0 Å². The van der Waals surface area contributed by atoms with Crippen molar-refractivity contribution in [1.82, 2.24) is 9.88 Å². The number of nitrogens with one attached hydrogen (secondary N) is 1. The first-order valence-electron chi connectivity index (χ1n) is 5.92. The van der Waals surface area contributed by atoms with E-state index < -0.39 is 0 Å². The van der Waals surface area contributed by atoms with Crippen molar-refractivity contribution in [3.63, 3.8) is 0 Å². The van der Waals surface area contributed by atoms with Gasteiger partial charge in [0.25, 0.3) is 0 Å². The molecule has 0 bridgehead atoms. The van der Waals surface area contributed by atoms with Gasteiger partial charge in [-0.3, -0.25) is 9.69 Å². The number of rotatable bonds is 4. The lowest BCUT2D eigenvalue weighted by molar-refractivity contribution is -0.117. The third-order valence-corrected chi connectivity index (χ3v) is 3.33. The lowest BCUT2D eigenvalue weighted by atomic mass is 10.1. The molecule has 1 amide bonds. The number of carbonyl (C=O) groups is 1. The zero-order valence-electron chi connectivity index (χ0n) is 9.97. The van der Waals surface area contributed by atoms with Crippen LogP contribution in [-0.2, 0) is 4.79 Å². The molecular formula is C12H16ClN3O2. The molecule has 5 nitrogen and oxygen atoms in total. The van der Waals surface area contributed by atoms with Gasteiger partial charge in [0.05, 0.1) is 12.2 Å². The number of halogens is 1. The van der Waals surface area contributed by atoms with Crippen molar-refractivity contribution in [2.45, 2.75) is 6.42 Å². The summed E-state index contributed by atoms with van der Waals surface area (Å²) in [6, 6.07) is 3.44. The Labute approximate surface area is 111 Å². The molecule has 1 aliphatic heterocycles. The standard InChI is InChI=1S/C12H16ClN3O2/c13-12-10(2-1-4-14-12)15-11(18)7-16-5-3-9(6-16)8-17/h1-2,4,9,17H,3,5-8H2,(H,15,18). The molecule has 1 unspecified atom stereocenters. The van der Waals surface area contributed by atoms with Crippen molar-refractivity contribution in [1.29, 1.82) is 0 Å². The maximum absolute atomic E-state index is 11.8. The van der Waals surface area contributed by atoms with Crippen LogP contribution < -0.4 is 5.32 Å². The molecule has 2 N–H and O–H groups in total. The lowest BCUT2D eigenvalue weighted by Crippen LogP contribution is -2.32. The second-order valence-electron chi connectivity index (χ2n) is 4.46. The summed E-state index contributed by atoms with van der Waals surface area (Å²) in [5, 5.41) is 12.1. The number of hydrogen-bond acceptors (Lipinski definition) is 4. The van der Waals surface area contributed by atoms with Gasteiger partial charge in [-0.25, -0.2) is 4.98 Å². The summed E-state index contributed by atoms with van der Waals surface area (Å²) >= 11 is 5.86. The van der Waals surface area contributed by atoms with Gasteiger partial charge in [-0.1, -0.05) is 11.6 Å². The van der Waals surface area contributed by atoms with Crippen LogP contribution in [0.4, 0.5) is 5.69 Å². The van der Waals surface area contributed by atoms with Crippen LogP contribution in [-0.4, -0.2) is 47.1 Å². The zero-order chi connectivity index (χ0) is 13.0. The largest absolute Gasteiger partial charge is 0.396 e. The van der Waals surface area contributed by atoms with E-state index in [1.54, 1.807) is 18.3 Å². The van der Waals surface area contributed by atoms with Gasteiger partial charge in [0, 0.05) is 19.3 Å². The molecule has 1 saturated heterocycles. The number of likely N-dealkylation sites (tertiary alicyclic amines) is 1. The molecule has 0 radical (unpaired) electrons. The third-order valence-electron chi connectivity index (χ3n) is 3.03. The maximum Gasteiger partial charge on any atom is 0.238 e. The molecule has 1 aliphatic rings. The van der Waals surface area contributed by atoms with E-state index in [-0.39, 0.29) is 12.5 Å². The first kappa shape index (κ1) is 13.3. The number of aliphatic hydroxyl groups excluding tert-OH is 1. The monoisotopic (exact) mass is 269 g/mol. The normalized spacial score (nSPS) is 20.0. The SMILES string of the molecule is O=C(CN1CCC(CO)C1)Nc1cccnc1Cl. The number of aliphatic hydroxyl groups is 1. The fourth-order valence-corrected chi connectivity index (χ4v) is 2.24. The number of carbonyl (C=O) groups excluding carboxylic acids is 1. The predicted octanol–water partition coefficient (Wildman–Crippen LogP) is 0.988. The summed E-state index contributed by atoms with van der Waals surface area (Å²) < 4.78 is 0. The number of nitrogens with zero attached hydrogens (tertiary/aromatic N) is 2. The second-order valence-corrected chi connectivity index (χ2v) is 4.82. The Morgan fingerprint density at radius 1 is 1.67 bits per heavy atom. The van der Waals surface area contributed by atoms with E-state index in [0.29, 0.717) is 23.3 Å². The maximum atomic E-state index is 11.8. The molecule has 1 aromatic rings. The Morgan fingerprint density at radius 3 is 3.17 bits per heavy atom. The van der Waals surface area contributed by atoms with Gasteiger partial charge >= 0.3 is 0 Å². The minimum Gasteiger partial charge on any atom is -0.396 e. The lowest BCUT2D eigenvalue weighted by Gasteiger charge is -2.15. The van der Waals surface area contributed by atoms with Crippen LogP contribution in [0.15, 0.2) is 18.3 Å². The van der Waals surface area contributed by atoms with Crippen molar-refractivity contribution in [2.75, 3.05) is 31.6 Å². The second kappa shape index (κ2) is 6.13. The van der Waals surface area contributed by atoms with Gasteiger partial charge in [0.1, 0.15) is 0 Å². The van der Waals surface area contributed by atoms with Gasteiger partial charge in [-0.2, -0.15) is 0 Å². The van der Waals surface area contributed by atoms with Crippen molar-refractivity contribution in [3.05, 3.63) is 23.5 Å². The van der Waals surface area contributed by atoms with Crippen LogP contribution >= 0.6 is 11.6 Å². The average molecular weight is 270 g/mol. The number of hydrogen-bond donors (Lipinski definition) is 2. The van der Waals surface area contributed by atoms with E-state index in [4.69, 9.17) is 16.7 Å². The highest BCUT2D eigenvalue weighted by atomic mass is 35.5. The van der Waals surface area contributed by atoms with Crippen molar-refractivity contribution < 1.29 is 9.90 Å². The molecule has 1 fully saturated rings. The Bertz CT molecular complexity index is 428. The summed E-state index contributed by atoms with van der Waals surface area (Å²) in [7, 11) is 0. The van der Waals surface area contributed by atoms with Crippen LogP contribution in [0.3, 0.4) is 0 Å². The number of anilines is 1. The summed E-state index contributed by atoms with van der Waals surface area (Å²) in [5.74, 6) is 0.184. The van der Waals surface area contributed by atoms with Gasteiger partial charge in [-0.05, 0) is 31.0 Å². The van der Waals surface area contributed by atoms with E-state index >= 15 is 0 Å². The predicted molar refractivity (Wildman–Crippen MR) is 69.5 cm³/mol. The molecule has 2 rings (SSSR count). The van der Waals surface area contributed by atoms with Crippen LogP contribution in [0.1, 0.15) is 6.42 Å². The van der Waals surface area contributed by atoms with Gasteiger partial charge in [0.2, 0.25) is 5.91 Å². The summed E-state index contributed by atoms with van der Waals surface area (Å²) in [6.45, 7) is 2.12. The van der Waals surface area contributed by atoms with Gasteiger partial charge < -0.3 is 10.4 Å². The molecule has 18 heavy (non-hydrogen) atoms. The van der Waals surface area contributed by atoms with E-state index in [1.807, 2.05) is 4.90 Å². The molecule has 2 heterocycles. The van der Waals surface area contributed by atoms with E-state index in [2.05, 4.69) is 10.3 Å². The smallest absolute Gasteiger partial charge is 0.238 e. The number of aromatic nitrogens is 1. The molecule has 1 atom stereocenters. The zero-order valence-corrected chi connectivity index (χ0v) is 10.7. The van der Waals surface area contributed by atoms with Crippen LogP contribution in [0.2, 0.25) is 5.15 Å². The Kier molecular flexibility index (Phi) is 4.52. The molecule has 6 heteroatoms. The molecule has 0 aromatic carbocycles. The summed E-state index contributed by atoms with van der Waals surface area (Å²) in [5.41, 5.74) is 0.530. The molecule has 98 valence electrons. The Hall–Kier alpha value is -1.17.